The molecule has 2 N–H and O–H groups in total. The van der Waals surface area contributed by atoms with Crippen LogP contribution in [0.15, 0.2) is 60.7 Å². The fraction of sp³-hybridized carbons (Fsp3) is 0.412. The van der Waals surface area contributed by atoms with Crippen molar-refractivity contribution in [3.05, 3.63) is 88.5 Å². The van der Waals surface area contributed by atoms with Crippen molar-refractivity contribution in [1.82, 2.24) is 4.90 Å². The summed E-state index contributed by atoms with van der Waals surface area (Å²) < 4.78 is 25.1. The molecule has 0 aromatic heterocycles. The number of nitrogens with zero attached hydrogens (tertiary/aromatic N) is 1. The maximum Gasteiger partial charge on any atom is 0.123 e. The van der Waals surface area contributed by atoms with Gasteiger partial charge >= 0.3 is 0 Å². The van der Waals surface area contributed by atoms with Crippen molar-refractivity contribution in [3.63, 3.8) is 0 Å². The minimum absolute atomic E-state index is 0.157. The van der Waals surface area contributed by atoms with Crippen LogP contribution >= 0.6 is 0 Å². The highest BCUT2D eigenvalue weighted by Crippen LogP contribution is 2.43. The number of anilines is 1. The van der Waals surface area contributed by atoms with Gasteiger partial charge in [-0.2, -0.15) is 0 Å². The predicted octanol–water partition coefficient (Wildman–Crippen LogP) is 7.09. The summed E-state index contributed by atoms with van der Waals surface area (Å²) in [6, 6.07) is 21.7. The molecule has 0 spiro atoms. The summed E-state index contributed by atoms with van der Waals surface area (Å²) in [4.78, 5) is 2.30. The van der Waals surface area contributed by atoms with Gasteiger partial charge in [0.2, 0.25) is 0 Å². The average Bonchev–Trinajstić information content (AvgIpc) is 3.43. The van der Waals surface area contributed by atoms with Crippen molar-refractivity contribution in [1.29, 1.82) is 0 Å². The van der Waals surface area contributed by atoms with Crippen molar-refractivity contribution >= 4 is 16.8 Å². The van der Waals surface area contributed by atoms with Crippen LogP contribution in [-0.2, 0) is 12.8 Å². The fourth-order valence-electron chi connectivity index (χ4n) is 6.50. The van der Waals surface area contributed by atoms with E-state index in [9.17, 15) is 4.39 Å². The van der Waals surface area contributed by atoms with Crippen LogP contribution in [0.4, 0.5) is 10.1 Å². The molecule has 4 nitrogen and oxygen atoms in total. The standard InChI is InChI=1S/C34H39FN2O2/c1-34(2)21-26-19-25(9-14-32(26)39-34)30-6-3-5-24-20-27(36)10-13-31(24)33(30)23-7-11-28(12-8-23)38-29-15-18-37(22-29)17-4-16-35/h7-14,19-20,29H,3-6,15-18,21-22,36H2,1-2H3. The zero-order valence-corrected chi connectivity index (χ0v) is 23.1. The number of halogens is 1. The molecule has 2 aliphatic heterocycles. The van der Waals surface area contributed by atoms with E-state index in [0.717, 1.165) is 68.9 Å². The molecule has 204 valence electrons. The van der Waals surface area contributed by atoms with Gasteiger partial charge in [-0.25, -0.2) is 0 Å². The first-order valence-electron chi connectivity index (χ1n) is 14.4. The number of nitrogen functional groups attached to an aromatic ring is 1. The van der Waals surface area contributed by atoms with Crippen LogP contribution in [0.2, 0.25) is 0 Å². The van der Waals surface area contributed by atoms with E-state index >= 15 is 0 Å². The molecule has 1 fully saturated rings. The Bertz CT molecular complexity index is 1380. The van der Waals surface area contributed by atoms with Gasteiger partial charge in [0.05, 0.1) is 6.67 Å². The molecule has 1 unspecified atom stereocenters. The lowest BCUT2D eigenvalue weighted by atomic mass is 9.87. The number of hydrogen-bond acceptors (Lipinski definition) is 4. The van der Waals surface area contributed by atoms with E-state index in [1.54, 1.807) is 0 Å². The lowest BCUT2D eigenvalue weighted by Gasteiger charge is -2.19. The highest BCUT2D eigenvalue weighted by Gasteiger charge is 2.31. The first-order chi connectivity index (χ1) is 18.9. The van der Waals surface area contributed by atoms with Crippen LogP contribution in [0.25, 0.3) is 11.1 Å². The predicted molar refractivity (Wildman–Crippen MR) is 157 cm³/mol. The second-order valence-corrected chi connectivity index (χ2v) is 11.9. The molecule has 1 saturated heterocycles. The number of hydrogen-bond donors (Lipinski definition) is 1. The summed E-state index contributed by atoms with van der Waals surface area (Å²) in [7, 11) is 0. The zero-order valence-electron chi connectivity index (χ0n) is 23.1. The van der Waals surface area contributed by atoms with Crippen molar-refractivity contribution in [2.45, 2.75) is 64.1 Å². The van der Waals surface area contributed by atoms with Gasteiger partial charge in [0.25, 0.3) is 0 Å². The lowest BCUT2D eigenvalue weighted by molar-refractivity contribution is 0.138. The molecule has 0 amide bonds. The molecular formula is C34H39FN2O2. The number of fused-ring (bicyclic) bond motifs is 2. The second kappa shape index (κ2) is 10.7. The van der Waals surface area contributed by atoms with Crippen LogP contribution in [0, 0.1) is 0 Å². The maximum absolute atomic E-state index is 12.6. The van der Waals surface area contributed by atoms with Crippen LogP contribution in [0.3, 0.4) is 0 Å². The number of allylic oxidation sites excluding steroid dienone is 1. The monoisotopic (exact) mass is 526 g/mol. The highest BCUT2D eigenvalue weighted by molar-refractivity contribution is 6.00. The Labute approximate surface area is 231 Å². The molecule has 2 heterocycles. The molecule has 6 rings (SSSR count). The summed E-state index contributed by atoms with van der Waals surface area (Å²) >= 11 is 0. The van der Waals surface area contributed by atoms with Gasteiger partial charge in [-0.05, 0) is 121 Å². The van der Waals surface area contributed by atoms with E-state index < -0.39 is 0 Å². The highest BCUT2D eigenvalue weighted by atomic mass is 19.1. The van der Waals surface area contributed by atoms with Crippen molar-refractivity contribution in [3.8, 4) is 11.5 Å². The Hall–Kier alpha value is -3.31. The zero-order chi connectivity index (χ0) is 27.0. The summed E-state index contributed by atoms with van der Waals surface area (Å²) in [5.74, 6) is 1.89. The maximum atomic E-state index is 12.6. The van der Waals surface area contributed by atoms with Crippen LogP contribution in [0.5, 0.6) is 11.5 Å². The van der Waals surface area contributed by atoms with Gasteiger partial charge in [0, 0.05) is 31.7 Å². The Balaban J connectivity index is 1.34. The van der Waals surface area contributed by atoms with E-state index in [1.807, 2.05) is 6.07 Å². The molecule has 0 saturated carbocycles. The normalized spacial score (nSPS) is 20.3. The molecule has 3 aromatic rings. The number of ether oxygens (including phenoxy) is 2. The van der Waals surface area contributed by atoms with Crippen molar-refractivity contribution in [2.24, 2.45) is 0 Å². The first-order valence-corrected chi connectivity index (χ1v) is 14.4. The largest absolute Gasteiger partial charge is 0.489 e. The van der Waals surface area contributed by atoms with E-state index in [2.05, 4.69) is 73.3 Å². The fourth-order valence-corrected chi connectivity index (χ4v) is 6.50. The van der Waals surface area contributed by atoms with Gasteiger partial charge in [0.15, 0.2) is 0 Å². The number of alkyl halides is 1. The van der Waals surface area contributed by atoms with Crippen molar-refractivity contribution < 1.29 is 13.9 Å². The van der Waals surface area contributed by atoms with Gasteiger partial charge in [-0.15, -0.1) is 0 Å². The minimum Gasteiger partial charge on any atom is -0.489 e. The quantitative estimate of drug-likeness (QED) is 0.334. The third-order valence-electron chi connectivity index (χ3n) is 8.27. The van der Waals surface area contributed by atoms with E-state index in [-0.39, 0.29) is 18.4 Å². The minimum atomic E-state index is -0.256. The van der Waals surface area contributed by atoms with Crippen LogP contribution in [-0.4, -0.2) is 42.9 Å². The van der Waals surface area contributed by atoms with Crippen molar-refractivity contribution in [2.75, 3.05) is 32.0 Å². The summed E-state index contributed by atoms with van der Waals surface area (Å²) in [6.07, 6.45) is 5.75. The molecular weight excluding hydrogens is 487 g/mol. The summed E-state index contributed by atoms with van der Waals surface area (Å²) in [5.41, 5.74) is 15.9. The first kappa shape index (κ1) is 25.9. The van der Waals surface area contributed by atoms with Gasteiger partial charge < -0.3 is 15.2 Å². The topological polar surface area (TPSA) is 47.7 Å². The number of aryl methyl sites for hydroxylation is 1. The number of likely N-dealkylation sites (tertiary alicyclic amines) is 1. The second-order valence-electron chi connectivity index (χ2n) is 11.9. The van der Waals surface area contributed by atoms with E-state index in [1.165, 1.54) is 39.0 Å². The van der Waals surface area contributed by atoms with Gasteiger partial charge in [-0.3, -0.25) is 9.29 Å². The average molecular weight is 527 g/mol. The molecule has 1 aliphatic carbocycles. The molecule has 5 heteroatoms. The molecule has 0 radical (unpaired) electrons. The Morgan fingerprint density at radius 2 is 1.82 bits per heavy atom. The summed E-state index contributed by atoms with van der Waals surface area (Å²) in [5, 5.41) is 0. The smallest absolute Gasteiger partial charge is 0.123 e. The SMILES string of the molecule is CC1(C)Cc2cc(C3=C(c4ccc(OC5CCN(CCCF)C5)cc4)c4ccc(N)cc4CCC3)ccc2O1. The number of rotatable bonds is 7. The molecule has 39 heavy (non-hydrogen) atoms. The Morgan fingerprint density at radius 3 is 2.64 bits per heavy atom. The van der Waals surface area contributed by atoms with E-state index in [0.29, 0.717) is 6.42 Å². The lowest BCUT2D eigenvalue weighted by Crippen LogP contribution is -2.26. The molecule has 1 atom stereocenters. The molecule has 3 aliphatic rings. The Kier molecular flexibility index (Phi) is 7.11. The molecule has 3 aromatic carbocycles. The third-order valence-corrected chi connectivity index (χ3v) is 8.27. The number of benzene rings is 3. The van der Waals surface area contributed by atoms with Crippen LogP contribution < -0.4 is 15.2 Å². The van der Waals surface area contributed by atoms with Gasteiger partial charge in [0.1, 0.15) is 23.2 Å². The van der Waals surface area contributed by atoms with E-state index in [4.69, 9.17) is 15.2 Å². The Morgan fingerprint density at radius 1 is 1.00 bits per heavy atom. The van der Waals surface area contributed by atoms with Gasteiger partial charge in [-0.1, -0.05) is 24.3 Å². The number of nitrogens with two attached hydrogens (primary N) is 1. The summed E-state index contributed by atoms with van der Waals surface area (Å²) in [6.45, 7) is 6.70. The molecule has 0 bridgehead atoms. The van der Waals surface area contributed by atoms with Crippen LogP contribution in [0.1, 0.15) is 67.3 Å². The third kappa shape index (κ3) is 5.56.